The van der Waals surface area contributed by atoms with Crippen molar-refractivity contribution in [1.82, 2.24) is 10.3 Å². The number of aryl methyl sites for hydroxylation is 2. The third-order valence-electron chi connectivity index (χ3n) is 4.21. The third kappa shape index (κ3) is 5.41. The van der Waals surface area contributed by atoms with E-state index >= 15 is 0 Å². The number of hydrogen-bond donors (Lipinski definition) is 2. The van der Waals surface area contributed by atoms with Crippen LogP contribution in [-0.4, -0.2) is 16.9 Å². The number of halogens is 1. The minimum absolute atomic E-state index is 0.239. The first-order valence-corrected chi connectivity index (χ1v) is 9.24. The van der Waals surface area contributed by atoms with Gasteiger partial charge in [-0.15, -0.1) is 0 Å². The second-order valence-corrected chi connectivity index (χ2v) is 6.81. The van der Waals surface area contributed by atoms with Gasteiger partial charge in [0.15, 0.2) is 0 Å². The van der Waals surface area contributed by atoms with E-state index in [4.69, 9.17) is 11.6 Å². The van der Waals surface area contributed by atoms with Crippen LogP contribution in [0.2, 0.25) is 5.02 Å². The molecule has 0 saturated heterocycles. The summed E-state index contributed by atoms with van der Waals surface area (Å²) >= 11 is 6.06. The van der Waals surface area contributed by atoms with Crippen LogP contribution >= 0.6 is 11.6 Å². The number of nitrogens with one attached hydrogen (secondary N) is 2. The van der Waals surface area contributed by atoms with E-state index in [0.29, 0.717) is 23.1 Å². The molecule has 5 nitrogen and oxygen atoms in total. The maximum atomic E-state index is 12.7. The molecular weight excluding hydrogens is 372 g/mol. The predicted octanol–water partition coefficient (Wildman–Crippen LogP) is 4.75. The molecule has 1 aromatic heterocycles. The molecule has 0 radical (unpaired) electrons. The van der Waals surface area contributed by atoms with Crippen molar-refractivity contribution in [3.8, 4) is 0 Å². The quantitative estimate of drug-likeness (QED) is 0.497. The molecule has 6 heteroatoms. The fraction of sp³-hybridized carbons (Fsp3) is 0.136. The molecule has 0 saturated carbocycles. The van der Waals surface area contributed by atoms with Crippen molar-refractivity contribution in [3.05, 3.63) is 94.3 Å². The molecule has 1 heterocycles. The molecule has 3 rings (SSSR count). The Morgan fingerprint density at radius 3 is 2.61 bits per heavy atom. The zero-order valence-electron chi connectivity index (χ0n) is 15.7. The number of pyridine rings is 1. The number of guanidine groups is 1. The summed E-state index contributed by atoms with van der Waals surface area (Å²) in [5.74, 6) is 0.0912. The van der Waals surface area contributed by atoms with Gasteiger partial charge in [-0.1, -0.05) is 29.8 Å². The zero-order chi connectivity index (χ0) is 19.9. The lowest BCUT2D eigenvalue weighted by atomic mass is 10.1. The lowest BCUT2D eigenvalue weighted by Gasteiger charge is -2.13. The van der Waals surface area contributed by atoms with Crippen LogP contribution in [0.15, 0.2) is 71.9 Å². The van der Waals surface area contributed by atoms with E-state index in [1.807, 2.05) is 56.3 Å². The SMILES string of the molecule is Cc1ccc(C(=O)NC(=NCc2ccccn2)Nc2cccc(Cl)c2)cc1C. The van der Waals surface area contributed by atoms with Gasteiger partial charge in [0.1, 0.15) is 0 Å². The highest BCUT2D eigenvalue weighted by Gasteiger charge is 2.11. The summed E-state index contributed by atoms with van der Waals surface area (Å²) in [6.07, 6.45) is 1.71. The molecule has 28 heavy (non-hydrogen) atoms. The first-order valence-electron chi connectivity index (χ1n) is 8.87. The van der Waals surface area contributed by atoms with Crippen molar-refractivity contribution in [1.29, 1.82) is 0 Å². The van der Waals surface area contributed by atoms with Gasteiger partial charge in [0.25, 0.3) is 5.91 Å². The number of hydrogen-bond acceptors (Lipinski definition) is 3. The predicted molar refractivity (Wildman–Crippen MR) is 114 cm³/mol. The Morgan fingerprint density at radius 1 is 1.04 bits per heavy atom. The van der Waals surface area contributed by atoms with Gasteiger partial charge < -0.3 is 5.32 Å². The van der Waals surface area contributed by atoms with E-state index in [-0.39, 0.29) is 5.91 Å². The molecule has 142 valence electrons. The largest absolute Gasteiger partial charge is 0.326 e. The topological polar surface area (TPSA) is 66.4 Å². The zero-order valence-corrected chi connectivity index (χ0v) is 16.5. The molecule has 0 bridgehead atoms. The smallest absolute Gasteiger partial charge is 0.257 e. The third-order valence-corrected chi connectivity index (χ3v) is 4.45. The maximum absolute atomic E-state index is 12.7. The number of nitrogens with zero attached hydrogens (tertiary/aromatic N) is 2. The second-order valence-electron chi connectivity index (χ2n) is 6.37. The summed E-state index contributed by atoms with van der Waals surface area (Å²) in [4.78, 5) is 21.5. The van der Waals surface area contributed by atoms with Crippen LogP contribution < -0.4 is 10.6 Å². The normalized spacial score (nSPS) is 11.2. The molecule has 2 aromatic carbocycles. The average molecular weight is 393 g/mol. The minimum atomic E-state index is -0.239. The molecule has 2 N–H and O–H groups in total. The minimum Gasteiger partial charge on any atom is -0.326 e. The Bertz CT molecular complexity index is 1000. The maximum Gasteiger partial charge on any atom is 0.257 e. The molecule has 0 fully saturated rings. The first kappa shape index (κ1) is 19.6. The Labute approximate surface area is 169 Å². The molecule has 0 spiro atoms. The van der Waals surface area contributed by atoms with Gasteiger partial charge in [-0.25, -0.2) is 4.99 Å². The number of carbonyl (C=O) groups is 1. The number of rotatable bonds is 4. The molecular formula is C22H21ClN4O. The Balaban J connectivity index is 1.82. The fourth-order valence-electron chi connectivity index (χ4n) is 2.53. The Morgan fingerprint density at radius 2 is 1.89 bits per heavy atom. The second kappa shape index (κ2) is 9.15. The van der Waals surface area contributed by atoms with Gasteiger partial charge >= 0.3 is 0 Å². The number of benzene rings is 2. The van der Waals surface area contributed by atoms with Crippen molar-refractivity contribution >= 4 is 29.2 Å². The summed E-state index contributed by atoms with van der Waals surface area (Å²) in [5, 5.41) is 6.56. The number of anilines is 1. The fourth-order valence-corrected chi connectivity index (χ4v) is 2.72. The van der Waals surface area contributed by atoms with E-state index in [2.05, 4.69) is 20.6 Å². The van der Waals surface area contributed by atoms with Gasteiger partial charge in [0.05, 0.1) is 12.2 Å². The highest BCUT2D eigenvalue weighted by atomic mass is 35.5. The number of amides is 1. The van der Waals surface area contributed by atoms with E-state index in [9.17, 15) is 4.79 Å². The standard InChI is InChI=1S/C22H21ClN4O/c1-15-9-10-17(12-16(15)2)21(28)27-22(25-14-20-7-3-4-11-24-20)26-19-8-5-6-18(23)13-19/h3-13H,14H2,1-2H3,(H2,25,26,27,28). The van der Waals surface area contributed by atoms with E-state index in [1.165, 1.54) is 0 Å². The van der Waals surface area contributed by atoms with Crippen LogP contribution in [-0.2, 0) is 6.54 Å². The lowest BCUT2D eigenvalue weighted by molar-refractivity contribution is 0.0977. The molecule has 0 unspecified atom stereocenters. The summed E-state index contributed by atoms with van der Waals surface area (Å²) in [7, 11) is 0. The van der Waals surface area contributed by atoms with Crippen molar-refractivity contribution in [2.24, 2.45) is 4.99 Å². The molecule has 0 aliphatic carbocycles. The van der Waals surface area contributed by atoms with Crippen LogP contribution in [0.3, 0.4) is 0 Å². The Hall–Kier alpha value is -3.18. The highest BCUT2D eigenvalue weighted by Crippen LogP contribution is 2.15. The molecule has 0 aliphatic heterocycles. The number of aliphatic imine (C=N–C) groups is 1. The molecule has 0 atom stereocenters. The van der Waals surface area contributed by atoms with Crippen molar-refractivity contribution in [2.45, 2.75) is 20.4 Å². The van der Waals surface area contributed by atoms with E-state index < -0.39 is 0 Å². The lowest BCUT2D eigenvalue weighted by Crippen LogP contribution is -2.36. The summed E-state index contributed by atoms with van der Waals surface area (Å²) in [6.45, 7) is 4.32. The van der Waals surface area contributed by atoms with E-state index in [1.54, 1.807) is 24.4 Å². The monoisotopic (exact) mass is 392 g/mol. The van der Waals surface area contributed by atoms with Gasteiger partial charge in [-0.2, -0.15) is 0 Å². The molecule has 3 aromatic rings. The van der Waals surface area contributed by atoms with Crippen molar-refractivity contribution in [2.75, 3.05) is 5.32 Å². The van der Waals surface area contributed by atoms with Crippen molar-refractivity contribution < 1.29 is 4.79 Å². The summed E-state index contributed by atoms with van der Waals surface area (Å²) < 4.78 is 0. The molecule has 0 aliphatic rings. The van der Waals surface area contributed by atoms with Crippen LogP contribution in [0.5, 0.6) is 0 Å². The van der Waals surface area contributed by atoms with Crippen LogP contribution in [0, 0.1) is 13.8 Å². The average Bonchev–Trinajstić information content (AvgIpc) is 2.69. The first-order chi connectivity index (χ1) is 13.5. The van der Waals surface area contributed by atoms with Gasteiger partial charge in [0, 0.05) is 22.5 Å². The van der Waals surface area contributed by atoms with Gasteiger partial charge in [-0.3, -0.25) is 15.1 Å². The highest BCUT2D eigenvalue weighted by molar-refractivity contribution is 6.31. The number of carbonyl (C=O) groups excluding carboxylic acids is 1. The van der Waals surface area contributed by atoms with Crippen molar-refractivity contribution in [3.63, 3.8) is 0 Å². The van der Waals surface area contributed by atoms with E-state index in [0.717, 1.165) is 22.5 Å². The van der Waals surface area contributed by atoms with Gasteiger partial charge in [-0.05, 0) is 67.4 Å². The summed E-state index contributed by atoms with van der Waals surface area (Å²) in [5.41, 5.74) is 4.29. The van der Waals surface area contributed by atoms with Crippen LogP contribution in [0.25, 0.3) is 0 Å². The summed E-state index contributed by atoms with van der Waals surface area (Å²) in [6, 6.07) is 18.4. The Kier molecular flexibility index (Phi) is 6.40. The van der Waals surface area contributed by atoms with Crippen LogP contribution in [0.1, 0.15) is 27.2 Å². The van der Waals surface area contributed by atoms with Crippen LogP contribution in [0.4, 0.5) is 5.69 Å². The van der Waals surface area contributed by atoms with Gasteiger partial charge in [0.2, 0.25) is 5.96 Å². The molecule has 1 amide bonds. The number of aromatic nitrogens is 1.